The number of amidine groups is 1. The number of rotatable bonds is 6. The first-order chi connectivity index (χ1) is 16.2. The van der Waals surface area contributed by atoms with Gasteiger partial charge in [0.1, 0.15) is 11.1 Å². The fraction of sp³-hybridized carbons (Fsp3) is 0.125. The lowest BCUT2D eigenvalue weighted by atomic mass is 10.2. The topological polar surface area (TPSA) is 95.9 Å². The predicted octanol–water partition coefficient (Wildman–Crippen LogP) is 4.36. The third-order valence-corrected chi connectivity index (χ3v) is 7.50. The summed E-state index contributed by atoms with van der Waals surface area (Å²) in [6.45, 7) is 1.84. The van der Waals surface area contributed by atoms with Crippen LogP contribution >= 0.6 is 11.8 Å². The molecule has 1 aliphatic rings. The molecule has 1 saturated heterocycles. The monoisotopic (exact) mass is 497 g/mol. The average Bonchev–Trinajstić information content (AvgIpc) is 3.10. The Kier molecular flexibility index (Phi) is 6.80. The van der Waals surface area contributed by atoms with Crippen molar-refractivity contribution in [1.29, 1.82) is 0 Å². The van der Waals surface area contributed by atoms with Gasteiger partial charge in [0.05, 0.1) is 10.6 Å². The summed E-state index contributed by atoms with van der Waals surface area (Å²) in [5.41, 5.74) is 1.73. The zero-order chi connectivity index (χ0) is 24.3. The summed E-state index contributed by atoms with van der Waals surface area (Å²) < 4.78 is 42.9. The van der Waals surface area contributed by atoms with Crippen LogP contribution in [0.1, 0.15) is 12.0 Å². The molecule has 1 heterocycles. The lowest BCUT2D eigenvalue weighted by Gasteiger charge is -2.16. The van der Waals surface area contributed by atoms with E-state index in [1.54, 1.807) is 42.5 Å². The second kappa shape index (κ2) is 9.78. The van der Waals surface area contributed by atoms with Gasteiger partial charge in [0, 0.05) is 12.1 Å². The van der Waals surface area contributed by atoms with Crippen LogP contribution in [-0.2, 0) is 19.6 Å². The molecule has 10 heteroatoms. The normalized spacial score (nSPS) is 17.2. The Morgan fingerprint density at radius 2 is 1.68 bits per heavy atom. The van der Waals surface area contributed by atoms with Crippen LogP contribution in [0.5, 0.6) is 0 Å². The molecule has 7 nitrogen and oxygen atoms in total. The van der Waals surface area contributed by atoms with Gasteiger partial charge in [-0.3, -0.25) is 14.5 Å². The smallest absolute Gasteiger partial charge is 0.284 e. The maximum Gasteiger partial charge on any atom is 0.284 e. The van der Waals surface area contributed by atoms with Crippen molar-refractivity contribution in [2.45, 2.75) is 23.5 Å². The molecule has 0 bridgehead atoms. The van der Waals surface area contributed by atoms with Crippen molar-refractivity contribution in [1.82, 2.24) is 0 Å². The number of carbonyl (C=O) groups excluding carboxylic acids is 2. The van der Waals surface area contributed by atoms with Crippen LogP contribution in [-0.4, -0.2) is 30.6 Å². The molecule has 0 aliphatic carbocycles. The van der Waals surface area contributed by atoms with Gasteiger partial charge in [-0.05, 0) is 55.5 Å². The molecule has 1 N–H and O–H groups in total. The summed E-state index contributed by atoms with van der Waals surface area (Å²) in [4.78, 5) is 27.0. The van der Waals surface area contributed by atoms with E-state index < -0.39 is 32.9 Å². The molecule has 1 aliphatic heterocycles. The molecule has 0 radical (unpaired) electrons. The van der Waals surface area contributed by atoms with Crippen LogP contribution in [0.25, 0.3) is 0 Å². The van der Waals surface area contributed by atoms with Crippen LogP contribution in [0, 0.1) is 12.7 Å². The number of carbonyl (C=O) groups is 2. The third-order valence-electron chi connectivity index (χ3n) is 4.97. The Bertz CT molecular complexity index is 1340. The van der Waals surface area contributed by atoms with E-state index in [1.165, 1.54) is 41.3 Å². The van der Waals surface area contributed by atoms with Crippen LogP contribution in [0.4, 0.5) is 15.8 Å². The van der Waals surface area contributed by atoms with E-state index in [0.29, 0.717) is 11.4 Å². The molecule has 3 aromatic rings. The van der Waals surface area contributed by atoms with E-state index in [-0.39, 0.29) is 16.5 Å². The van der Waals surface area contributed by atoms with Gasteiger partial charge in [-0.1, -0.05) is 47.7 Å². The van der Waals surface area contributed by atoms with Gasteiger partial charge in [-0.2, -0.15) is 8.42 Å². The lowest BCUT2D eigenvalue weighted by Crippen LogP contribution is -2.33. The van der Waals surface area contributed by atoms with Crippen molar-refractivity contribution in [2.75, 3.05) is 10.2 Å². The largest absolute Gasteiger partial charge is 0.326 e. The number of anilines is 2. The number of para-hydroxylation sites is 1. The summed E-state index contributed by atoms with van der Waals surface area (Å²) >= 11 is 0.914. The maximum absolute atomic E-state index is 13.2. The van der Waals surface area contributed by atoms with Gasteiger partial charge in [0.2, 0.25) is 11.8 Å². The number of hydrogen-bond donors (Lipinski definition) is 1. The second-order valence-corrected chi connectivity index (χ2v) is 10.3. The highest BCUT2D eigenvalue weighted by molar-refractivity contribution is 8.16. The fourth-order valence-electron chi connectivity index (χ4n) is 3.25. The molecular formula is C24H20FN3O4S2. The maximum atomic E-state index is 13.2. The molecule has 1 fully saturated rings. The molecule has 0 aromatic heterocycles. The highest BCUT2D eigenvalue weighted by atomic mass is 32.2. The number of thioether (sulfide) groups is 1. The van der Waals surface area contributed by atoms with Gasteiger partial charge in [-0.25, -0.2) is 4.39 Å². The predicted molar refractivity (Wildman–Crippen MR) is 131 cm³/mol. The van der Waals surface area contributed by atoms with Gasteiger partial charge in [0.15, 0.2) is 5.17 Å². The third kappa shape index (κ3) is 5.35. The first kappa shape index (κ1) is 23.7. The van der Waals surface area contributed by atoms with Crippen LogP contribution < -0.4 is 10.2 Å². The SMILES string of the molecule is Cc1ccc(S(=O)(=O)N=C2S[C@H](CC(=O)Nc3ccc(F)cc3)C(=O)N2c2ccccc2)cc1. The highest BCUT2D eigenvalue weighted by Crippen LogP contribution is 2.35. The zero-order valence-electron chi connectivity index (χ0n) is 18.0. The number of nitrogens with one attached hydrogen (secondary N) is 1. The molecule has 0 saturated carbocycles. The Labute approximate surface area is 200 Å². The Morgan fingerprint density at radius 3 is 2.32 bits per heavy atom. The number of sulfonamides is 1. The van der Waals surface area contributed by atoms with Crippen LogP contribution in [0.3, 0.4) is 0 Å². The minimum absolute atomic E-state index is 0.00386. The standard InChI is InChI=1S/C24H20FN3O4S2/c1-16-7-13-20(14-8-16)34(31,32)27-24-28(19-5-3-2-4-6-19)23(30)21(33-24)15-22(29)26-18-11-9-17(25)10-12-18/h2-14,21H,15H2,1H3,(H,26,29)/t21-/m1/s1. The number of halogens is 1. The minimum Gasteiger partial charge on any atom is -0.326 e. The fourth-order valence-corrected chi connectivity index (χ4v) is 5.59. The second-order valence-electron chi connectivity index (χ2n) is 7.54. The first-order valence-electron chi connectivity index (χ1n) is 10.3. The van der Waals surface area contributed by atoms with Gasteiger partial charge < -0.3 is 5.32 Å². The number of aryl methyl sites for hydroxylation is 1. The number of amides is 2. The van der Waals surface area contributed by atoms with E-state index in [9.17, 15) is 22.4 Å². The number of benzene rings is 3. The first-order valence-corrected chi connectivity index (χ1v) is 12.6. The molecule has 3 aromatic carbocycles. The van der Waals surface area contributed by atoms with Crippen molar-refractivity contribution < 1.29 is 22.4 Å². The number of hydrogen-bond acceptors (Lipinski definition) is 5. The van der Waals surface area contributed by atoms with Crippen molar-refractivity contribution >= 4 is 50.1 Å². The van der Waals surface area contributed by atoms with Crippen molar-refractivity contribution in [3.63, 3.8) is 0 Å². The Morgan fingerprint density at radius 1 is 1.03 bits per heavy atom. The van der Waals surface area contributed by atoms with Crippen molar-refractivity contribution in [3.8, 4) is 0 Å². The zero-order valence-corrected chi connectivity index (χ0v) is 19.6. The van der Waals surface area contributed by atoms with E-state index >= 15 is 0 Å². The van der Waals surface area contributed by atoms with E-state index in [1.807, 2.05) is 6.92 Å². The van der Waals surface area contributed by atoms with E-state index in [4.69, 9.17) is 0 Å². The van der Waals surface area contributed by atoms with Crippen LogP contribution in [0.15, 0.2) is 88.2 Å². The molecule has 0 spiro atoms. The summed E-state index contributed by atoms with van der Waals surface area (Å²) in [5.74, 6) is -1.36. The van der Waals surface area contributed by atoms with Gasteiger partial charge in [0.25, 0.3) is 10.0 Å². The highest BCUT2D eigenvalue weighted by Gasteiger charge is 2.41. The Balaban J connectivity index is 1.61. The lowest BCUT2D eigenvalue weighted by molar-refractivity contribution is -0.121. The van der Waals surface area contributed by atoms with Gasteiger partial charge in [-0.15, -0.1) is 4.40 Å². The summed E-state index contributed by atoms with van der Waals surface area (Å²) in [7, 11) is -4.09. The summed E-state index contributed by atoms with van der Waals surface area (Å²) in [6.07, 6.45) is -0.214. The van der Waals surface area contributed by atoms with E-state index in [2.05, 4.69) is 9.71 Å². The number of nitrogens with zero attached hydrogens (tertiary/aromatic N) is 2. The van der Waals surface area contributed by atoms with Crippen molar-refractivity contribution in [2.24, 2.45) is 4.40 Å². The summed E-state index contributed by atoms with van der Waals surface area (Å²) in [5, 5.41) is 1.70. The molecule has 2 amide bonds. The molecule has 174 valence electrons. The quantitative estimate of drug-likeness (QED) is 0.546. The molecular weight excluding hydrogens is 477 g/mol. The molecule has 1 atom stereocenters. The Hall–Kier alpha value is -3.50. The summed E-state index contributed by atoms with van der Waals surface area (Å²) in [6, 6.07) is 20.0. The van der Waals surface area contributed by atoms with Crippen molar-refractivity contribution in [3.05, 3.63) is 90.2 Å². The molecule has 34 heavy (non-hydrogen) atoms. The van der Waals surface area contributed by atoms with Gasteiger partial charge >= 0.3 is 0 Å². The molecule has 0 unspecified atom stereocenters. The average molecular weight is 498 g/mol. The molecule has 4 rings (SSSR count). The minimum atomic E-state index is -4.09. The van der Waals surface area contributed by atoms with Crippen LogP contribution in [0.2, 0.25) is 0 Å². The van der Waals surface area contributed by atoms with E-state index in [0.717, 1.165) is 17.3 Å².